The number of carboxylic acid groups (broad SMARTS) is 1. The largest absolute Gasteiger partial charge is 0.481 e. The summed E-state index contributed by atoms with van der Waals surface area (Å²) in [5.41, 5.74) is 0.311. The Hall–Kier alpha value is -1.56. The number of carboxylic acids is 1. The number of rotatable bonds is 5. The molecule has 0 aliphatic heterocycles. The first-order chi connectivity index (χ1) is 9.67. The number of aliphatic carboxylic acids is 1. The van der Waals surface area contributed by atoms with Crippen molar-refractivity contribution < 1.29 is 19.4 Å². The number of benzene rings is 1. The second-order valence-corrected chi connectivity index (χ2v) is 6.59. The SMILES string of the molecule is CC(C)(C)OC(=O)N[C@H](CC(=O)O)Cc1ccccc1Br. The Kier molecular flexibility index (Phi) is 6.20. The first-order valence-electron chi connectivity index (χ1n) is 6.62. The molecule has 0 saturated carbocycles. The van der Waals surface area contributed by atoms with Gasteiger partial charge >= 0.3 is 12.1 Å². The quantitative estimate of drug-likeness (QED) is 0.846. The van der Waals surface area contributed by atoms with Crippen molar-refractivity contribution in [1.29, 1.82) is 0 Å². The number of carbonyl (C=O) groups excluding carboxylic acids is 1. The van der Waals surface area contributed by atoms with E-state index >= 15 is 0 Å². The van der Waals surface area contributed by atoms with E-state index in [9.17, 15) is 9.59 Å². The number of alkyl carbamates (subject to hydrolysis) is 1. The van der Waals surface area contributed by atoms with Crippen molar-refractivity contribution in [3.05, 3.63) is 34.3 Å². The Morgan fingerprint density at radius 3 is 2.48 bits per heavy atom. The second-order valence-electron chi connectivity index (χ2n) is 5.74. The zero-order valence-electron chi connectivity index (χ0n) is 12.4. The molecule has 0 aromatic heterocycles. The molecule has 2 N–H and O–H groups in total. The Morgan fingerprint density at radius 2 is 1.95 bits per heavy atom. The van der Waals surface area contributed by atoms with Crippen LogP contribution in [0.25, 0.3) is 0 Å². The highest BCUT2D eigenvalue weighted by atomic mass is 79.9. The maximum Gasteiger partial charge on any atom is 0.407 e. The van der Waals surface area contributed by atoms with Crippen molar-refractivity contribution in [2.75, 3.05) is 0 Å². The smallest absolute Gasteiger partial charge is 0.407 e. The van der Waals surface area contributed by atoms with Crippen LogP contribution in [0.4, 0.5) is 4.79 Å². The molecule has 0 radical (unpaired) electrons. The van der Waals surface area contributed by atoms with Gasteiger partial charge in [-0.25, -0.2) is 4.79 Å². The van der Waals surface area contributed by atoms with E-state index in [0.29, 0.717) is 6.42 Å². The van der Waals surface area contributed by atoms with Crippen LogP contribution < -0.4 is 5.32 Å². The highest BCUT2D eigenvalue weighted by Crippen LogP contribution is 2.18. The van der Waals surface area contributed by atoms with Gasteiger partial charge in [-0.15, -0.1) is 0 Å². The molecule has 1 aromatic rings. The summed E-state index contributed by atoms with van der Waals surface area (Å²) in [5, 5.41) is 11.6. The number of carbonyl (C=O) groups is 2. The minimum absolute atomic E-state index is 0.166. The van der Waals surface area contributed by atoms with E-state index in [1.807, 2.05) is 24.3 Å². The van der Waals surface area contributed by atoms with E-state index in [1.54, 1.807) is 20.8 Å². The average Bonchev–Trinajstić information content (AvgIpc) is 2.28. The van der Waals surface area contributed by atoms with Crippen LogP contribution in [0.15, 0.2) is 28.7 Å². The summed E-state index contributed by atoms with van der Waals surface area (Å²) >= 11 is 3.41. The van der Waals surface area contributed by atoms with Gasteiger partial charge in [0.05, 0.1) is 6.42 Å². The van der Waals surface area contributed by atoms with Gasteiger partial charge in [0.1, 0.15) is 5.60 Å². The molecule has 6 heteroatoms. The fourth-order valence-corrected chi connectivity index (χ4v) is 2.24. The molecular weight excluding hydrogens is 338 g/mol. The van der Waals surface area contributed by atoms with Crippen LogP contribution in [0.3, 0.4) is 0 Å². The summed E-state index contributed by atoms with van der Waals surface area (Å²) in [7, 11) is 0. The van der Waals surface area contributed by atoms with Crippen LogP contribution in [-0.4, -0.2) is 28.8 Å². The molecule has 0 bridgehead atoms. The molecular formula is C15H20BrNO4. The van der Waals surface area contributed by atoms with Crippen LogP contribution in [0.2, 0.25) is 0 Å². The third-order valence-electron chi connectivity index (χ3n) is 2.57. The molecule has 1 atom stereocenters. The summed E-state index contributed by atoms with van der Waals surface area (Å²) in [4.78, 5) is 22.7. The van der Waals surface area contributed by atoms with Gasteiger partial charge in [-0.2, -0.15) is 0 Å². The second kappa shape index (κ2) is 7.45. The van der Waals surface area contributed by atoms with Gasteiger partial charge in [0.25, 0.3) is 0 Å². The third kappa shape index (κ3) is 7.13. The minimum atomic E-state index is -0.969. The molecule has 116 valence electrons. The van der Waals surface area contributed by atoms with Crippen molar-refractivity contribution in [1.82, 2.24) is 5.32 Å². The van der Waals surface area contributed by atoms with Crippen LogP contribution in [0.1, 0.15) is 32.8 Å². The van der Waals surface area contributed by atoms with E-state index < -0.39 is 23.7 Å². The highest BCUT2D eigenvalue weighted by Gasteiger charge is 2.22. The predicted octanol–water partition coefficient (Wildman–Crippen LogP) is 3.36. The normalized spacial score (nSPS) is 12.6. The van der Waals surface area contributed by atoms with Gasteiger partial charge in [-0.1, -0.05) is 34.1 Å². The molecule has 5 nitrogen and oxygen atoms in total. The summed E-state index contributed by atoms with van der Waals surface area (Å²) in [6, 6.07) is 6.97. The molecule has 0 fully saturated rings. The third-order valence-corrected chi connectivity index (χ3v) is 3.34. The highest BCUT2D eigenvalue weighted by molar-refractivity contribution is 9.10. The first-order valence-corrected chi connectivity index (χ1v) is 7.41. The molecule has 0 aliphatic carbocycles. The molecule has 0 aliphatic rings. The summed E-state index contributed by atoms with van der Waals surface area (Å²) in [5.74, 6) is -0.969. The zero-order chi connectivity index (χ0) is 16.0. The monoisotopic (exact) mass is 357 g/mol. The fraction of sp³-hybridized carbons (Fsp3) is 0.467. The maximum absolute atomic E-state index is 11.8. The van der Waals surface area contributed by atoms with Crippen molar-refractivity contribution in [3.8, 4) is 0 Å². The summed E-state index contributed by atoms with van der Waals surface area (Å²) < 4.78 is 6.04. The van der Waals surface area contributed by atoms with Crippen LogP contribution in [0.5, 0.6) is 0 Å². The van der Waals surface area contributed by atoms with E-state index in [2.05, 4.69) is 21.2 Å². The van der Waals surface area contributed by atoms with E-state index in [1.165, 1.54) is 0 Å². The van der Waals surface area contributed by atoms with Gasteiger partial charge in [0.15, 0.2) is 0 Å². The Morgan fingerprint density at radius 1 is 1.33 bits per heavy atom. The van der Waals surface area contributed by atoms with Crippen molar-refractivity contribution >= 4 is 28.0 Å². The number of amides is 1. The molecule has 1 aromatic carbocycles. The molecule has 0 unspecified atom stereocenters. The Labute approximate surface area is 132 Å². The van der Waals surface area contributed by atoms with Gasteiger partial charge in [-0.3, -0.25) is 4.79 Å². The zero-order valence-corrected chi connectivity index (χ0v) is 13.9. The molecule has 21 heavy (non-hydrogen) atoms. The number of hydrogen-bond acceptors (Lipinski definition) is 3. The molecule has 0 spiro atoms. The Bertz CT molecular complexity index is 511. The first kappa shape index (κ1) is 17.5. The summed E-state index contributed by atoms with van der Waals surface area (Å²) in [6.07, 6.45) is -0.367. The number of hydrogen-bond donors (Lipinski definition) is 2. The molecule has 1 rings (SSSR count). The van der Waals surface area contributed by atoms with Gasteiger partial charge < -0.3 is 15.2 Å². The number of nitrogens with one attached hydrogen (secondary N) is 1. The van der Waals surface area contributed by atoms with Crippen molar-refractivity contribution in [2.45, 2.75) is 45.3 Å². The molecule has 0 saturated heterocycles. The maximum atomic E-state index is 11.8. The molecule has 0 heterocycles. The van der Waals surface area contributed by atoms with E-state index in [0.717, 1.165) is 10.0 Å². The standard InChI is InChI=1S/C15H20BrNO4/c1-15(2,3)21-14(20)17-11(9-13(18)19)8-10-6-4-5-7-12(10)16/h4-7,11H,8-9H2,1-3H3,(H,17,20)(H,18,19)/t11-/m0/s1. The average molecular weight is 358 g/mol. The topological polar surface area (TPSA) is 75.6 Å². The Balaban J connectivity index is 2.75. The van der Waals surface area contributed by atoms with Crippen molar-refractivity contribution in [2.24, 2.45) is 0 Å². The fourth-order valence-electron chi connectivity index (χ4n) is 1.79. The van der Waals surface area contributed by atoms with Gasteiger partial charge in [0, 0.05) is 10.5 Å². The van der Waals surface area contributed by atoms with Crippen LogP contribution in [0, 0.1) is 0 Å². The molecule has 1 amide bonds. The lowest BCUT2D eigenvalue weighted by molar-refractivity contribution is -0.137. The van der Waals surface area contributed by atoms with Crippen LogP contribution >= 0.6 is 15.9 Å². The van der Waals surface area contributed by atoms with Crippen molar-refractivity contribution in [3.63, 3.8) is 0 Å². The number of halogens is 1. The van der Waals surface area contributed by atoms with E-state index in [-0.39, 0.29) is 6.42 Å². The van der Waals surface area contributed by atoms with Gasteiger partial charge in [0.2, 0.25) is 0 Å². The lowest BCUT2D eigenvalue weighted by atomic mass is 10.0. The lowest BCUT2D eigenvalue weighted by Crippen LogP contribution is -2.41. The van der Waals surface area contributed by atoms with E-state index in [4.69, 9.17) is 9.84 Å². The number of ether oxygens (including phenoxy) is 1. The minimum Gasteiger partial charge on any atom is -0.481 e. The lowest BCUT2D eigenvalue weighted by Gasteiger charge is -2.23. The summed E-state index contributed by atoms with van der Waals surface area (Å²) in [6.45, 7) is 5.27. The van der Waals surface area contributed by atoms with Gasteiger partial charge in [-0.05, 0) is 38.8 Å². The predicted molar refractivity (Wildman–Crippen MR) is 83.3 cm³/mol. The van der Waals surface area contributed by atoms with Crippen LogP contribution in [-0.2, 0) is 16.0 Å².